The molecule has 2 aliphatic carbocycles. The van der Waals surface area contributed by atoms with Gasteiger partial charge in [0.1, 0.15) is 0 Å². The van der Waals surface area contributed by atoms with E-state index in [4.69, 9.17) is 10.5 Å². The Hall–Kier alpha value is -0.160. The van der Waals surface area contributed by atoms with Crippen molar-refractivity contribution < 1.29 is 20.3 Å². The Bertz CT molecular complexity index is 183. The van der Waals surface area contributed by atoms with Crippen LogP contribution in [0.25, 0.3) is 0 Å². The molecule has 0 aromatic carbocycles. The lowest BCUT2D eigenvalue weighted by Gasteiger charge is -2.32. The number of hydrogen-bond acceptors (Lipinski definition) is 4. The minimum Gasteiger partial charge on any atom is -0.252 e. The lowest BCUT2D eigenvalue weighted by atomic mass is 9.76. The molecule has 0 atom stereocenters. The predicted octanol–water partition coefficient (Wildman–Crippen LogP) is 3.47. The molecule has 2 aliphatic rings. The van der Waals surface area contributed by atoms with Crippen molar-refractivity contribution in [3.63, 3.8) is 0 Å². The Labute approximate surface area is 103 Å². The van der Waals surface area contributed by atoms with Crippen LogP contribution in [0.4, 0.5) is 0 Å². The molecule has 4 nitrogen and oxygen atoms in total. The minimum absolute atomic E-state index is 0.0739. The van der Waals surface area contributed by atoms with Crippen molar-refractivity contribution in [2.45, 2.75) is 70.0 Å². The van der Waals surface area contributed by atoms with E-state index in [0.29, 0.717) is 0 Å². The zero-order valence-electron chi connectivity index (χ0n) is 10.4. The number of rotatable bonds is 4. The second kappa shape index (κ2) is 6.69. The first-order valence-corrected chi connectivity index (χ1v) is 6.92. The third kappa shape index (κ3) is 3.91. The van der Waals surface area contributed by atoms with Gasteiger partial charge in [-0.15, -0.1) is 0 Å². The maximum absolute atomic E-state index is 8.62. The fraction of sp³-hybridized carbons (Fsp3) is 1.00. The Balaban J connectivity index is 1.65. The summed E-state index contributed by atoms with van der Waals surface area (Å²) >= 11 is 0. The third-order valence-corrected chi connectivity index (χ3v) is 4.55. The zero-order chi connectivity index (χ0) is 12.1. The molecule has 2 rings (SSSR count). The first-order chi connectivity index (χ1) is 8.31. The normalized spacial score (nSPS) is 39.2. The average Bonchev–Trinajstić information content (AvgIpc) is 2.40. The number of hydrogen-bond donors (Lipinski definition) is 2. The van der Waals surface area contributed by atoms with Crippen molar-refractivity contribution in [1.82, 2.24) is 0 Å². The summed E-state index contributed by atoms with van der Waals surface area (Å²) in [6, 6.07) is 0. The van der Waals surface area contributed by atoms with E-state index in [1.165, 1.54) is 32.1 Å². The maximum Gasteiger partial charge on any atom is 0.0927 e. The van der Waals surface area contributed by atoms with E-state index in [2.05, 4.69) is 9.78 Å². The summed E-state index contributed by atoms with van der Waals surface area (Å²) < 4.78 is 0. The molecule has 0 heterocycles. The van der Waals surface area contributed by atoms with E-state index in [1.54, 1.807) is 0 Å². The van der Waals surface area contributed by atoms with Crippen LogP contribution in [0.1, 0.15) is 57.8 Å². The van der Waals surface area contributed by atoms with Crippen molar-refractivity contribution >= 4 is 0 Å². The molecule has 0 amide bonds. The van der Waals surface area contributed by atoms with E-state index in [-0.39, 0.29) is 12.2 Å². The van der Waals surface area contributed by atoms with Gasteiger partial charge in [0.15, 0.2) is 0 Å². The summed E-state index contributed by atoms with van der Waals surface area (Å²) in [4.78, 5) is 8.83. The van der Waals surface area contributed by atoms with Crippen molar-refractivity contribution in [1.29, 1.82) is 0 Å². The van der Waals surface area contributed by atoms with Crippen LogP contribution in [0.2, 0.25) is 0 Å². The molecular formula is C13H24O4. The maximum atomic E-state index is 8.62. The highest BCUT2D eigenvalue weighted by Gasteiger charge is 2.27. The van der Waals surface area contributed by atoms with Gasteiger partial charge in [-0.1, -0.05) is 0 Å². The lowest BCUT2D eigenvalue weighted by molar-refractivity contribution is -0.286. The van der Waals surface area contributed by atoms with Crippen LogP contribution in [0.5, 0.6) is 0 Å². The molecule has 17 heavy (non-hydrogen) atoms. The van der Waals surface area contributed by atoms with Crippen molar-refractivity contribution in [2.75, 3.05) is 0 Å². The third-order valence-electron chi connectivity index (χ3n) is 4.55. The zero-order valence-corrected chi connectivity index (χ0v) is 10.4. The van der Waals surface area contributed by atoms with Crippen LogP contribution < -0.4 is 0 Å². The molecule has 0 bridgehead atoms. The highest BCUT2D eigenvalue weighted by molar-refractivity contribution is 4.78. The quantitative estimate of drug-likeness (QED) is 0.587. The molecule has 0 aliphatic heterocycles. The Morgan fingerprint density at radius 3 is 1.29 bits per heavy atom. The molecule has 0 aromatic rings. The van der Waals surface area contributed by atoms with E-state index >= 15 is 0 Å². The van der Waals surface area contributed by atoms with Crippen molar-refractivity contribution in [3.8, 4) is 0 Å². The van der Waals surface area contributed by atoms with E-state index in [9.17, 15) is 0 Å². The Morgan fingerprint density at radius 2 is 1.00 bits per heavy atom. The summed E-state index contributed by atoms with van der Waals surface area (Å²) in [5, 5.41) is 17.2. The van der Waals surface area contributed by atoms with Gasteiger partial charge in [0.2, 0.25) is 0 Å². The van der Waals surface area contributed by atoms with Gasteiger partial charge in [-0.3, -0.25) is 10.5 Å². The van der Waals surface area contributed by atoms with Gasteiger partial charge in [-0.25, -0.2) is 9.78 Å². The van der Waals surface area contributed by atoms with Crippen LogP contribution in [-0.2, 0) is 9.78 Å². The molecule has 2 N–H and O–H groups in total. The largest absolute Gasteiger partial charge is 0.252 e. The van der Waals surface area contributed by atoms with E-state index < -0.39 is 0 Å². The molecule has 0 aromatic heterocycles. The molecule has 2 saturated carbocycles. The molecule has 4 heteroatoms. The summed E-state index contributed by atoms with van der Waals surface area (Å²) in [5.74, 6) is 1.61. The van der Waals surface area contributed by atoms with Gasteiger partial charge in [0, 0.05) is 0 Å². The van der Waals surface area contributed by atoms with Gasteiger partial charge >= 0.3 is 0 Å². The predicted molar refractivity (Wildman–Crippen MR) is 63.5 cm³/mol. The summed E-state index contributed by atoms with van der Waals surface area (Å²) in [7, 11) is 0. The van der Waals surface area contributed by atoms with E-state index in [1.807, 2.05) is 0 Å². The summed E-state index contributed by atoms with van der Waals surface area (Å²) in [6.07, 6.45) is 10.2. The summed E-state index contributed by atoms with van der Waals surface area (Å²) in [5.41, 5.74) is 0. The van der Waals surface area contributed by atoms with Gasteiger partial charge in [-0.05, 0) is 69.6 Å². The minimum atomic E-state index is 0.0739. The molecule has 2 fully saturated rings. The fourth-order valence-corrected chi connectivity index (χ4v) is 3.42. The molecule has 100 valence electrons. The monoisotopic (exact) mass is 244 g/mol. The highest BCUT2D eigenvalue weighted by atomic mass is 17.1. The first-order valence-electron chi connectivity index (χ1n) is 6.92. The topological polar surface area (TPSA) is 58.9 Å². The fourth-order valence-electron chi connectivity index (χ4n) is 3.42. The lowest BCUT2D eigenvalue weighted by Crippen LogP contribution is -2.25. The van der Waals surface area contributed by atoms with Crippen LogP contribution in [-0.4, -0.2) is 22.7 Å². The van der Waals surface area contributed by atoms with Crippen LogP contribution in [0, 0.1) is 11.8 Å². The second-order valence-electron chi connectivity index (χ2n) is 5.73. The van der Waals surface area contributed by atoms with Crippen LogP contribution >= 0.6 is 0 Å². The first kappa shape index (κ1) is 13.3. The van der Waals surface area contributed by atoms with E-state index in [0.717, 1.165) is 37.5 Å². The van der Waals surface area contributed by atoms with Crippen molar-refractivity contribution in [3.05, 3.63) is 0 Å². The standard InChI is InChI=1S/C13H24O4/c14-16-12-5-1-10(2-6-12)9-11-3-7-13(17-15)8-4-11/h10-15H,1-9H2. The highest BCUT2D eigenvalue weighted by Crippen LogP contribution is 2.36. The van der Waals surface area contributed by atoms with Gasteiger partial charge < -0.3 is 0 Å². The Morgan fingerprint density at radius 1 is 0.647 bits per heavy atom. The molecule has 0 spiro atoms. The molecule has 0 radical (unpaired) electrons. The van der Waals surface area contributed by atoms with Gasteiger partial charge in [0.05, 0.1) is 12.2 Å². The Kier molecular flexibility index (Phi) is 5.22. The summed E-state index contributed by atoms with van der Waals surface area (Å²) in [6.45, 7) is 0. The molecule has 0 unspecified atom stereocenters. The SMILES string of the molecule is OOC1CCC(CC2CCC(OO)CC2)CC1. The average molecular weight is 244 g/mol. The van der Waals surface area contributed by atoms with Crippen LogP contribution in [0.3, 0.4) is 0 Å². The van der Waals surface area contributed by atoms with Gasteiger partial charge in [0.25, 0.3) is 0 Å². The van der Waals surface area contributed by atoms with Crippen molar-refractivity contribution in [2.24, 2.45) is 11.8 Å². The smallest absolute Gasteiger partial charge is 0.0927 e. The second-order valence-corrected chi connectivity index (χ2v) is 5.73. The van der Waals surface area contributed by atoms with Crippen LogP contribution in [0.15, 0.2) is 0 Å². The molecule has 0 saturated heterocycles. The van der Waals surface area contributed by atoms with Gasteiger partial charge in [-0.2, -0.15) is 0 Å². The molecular weight excluding hydrogens is 220 g/mol.